The van der Waals surface area contributed by atoms with Crippen LogP contribution >= 0.6 is 0 Å². The summed E-state index contributed by atoms with van der Waals surface area (Å²) in [5.74, 6) is -1.63. The maximum absolute atomic E-state index is 12.5. The number of urea groups is 1. The van der Waals surface area contributed by atoms with E-state index in [-0.39, 0.29) is 5.92 Å². The first-order valence-electron chi connectivity index (χ1n) is 9.52. The van der Waals surface area contributed by atoms with E-state index in [4.69, 9.17) is 9.47 Å². The van der Waals surface area contributed by atoms with Gasteiger partial charge in [-0.3, -0.25) is 14.9 Å². The molecule has 29 heavy (non-hydrogen) atoms. The lowest BCUT2D eigenvalue weighted by molar-refractivity contribution is -0.157. The van der Waals surface area contributed by atoms with E-state index in [2.05, 4.69) is 16.0 Å². The highest BCUT2D eigenvalue weighted by atomic mass is 16.5. The van der Waals surface area contributed by atoms with Crippen LogP contribution in [0.4, 0.5) is 4.79 Å². The van der Waals surface area contributed by atoms with Crippen molar-refractivity contribution in [2.24, 2.45) is 5.92 Å². The van der Waals surface area contributed by atoms with Gasteiger partial charge in [0, 0.05) is 12.1 Å². The first-order valence-corrected chi connectivity index (χ1v) is 9.52. The van der Waals surface area contributed by atoms with Crippen LogP contribution in [0.5, 0.6) is 5.75 Å². The molecular formula is C20H29N3O6. The Hall–Kier alpha value is -3.10. The molecule has 0 saturated carbocycles. The first kappa shape index (κ1) is 23.9. The smallest absolute Gasteiger partial charge is 0.329 e. The number of rotatable bonds is 9. The van der Waals surface area contributed by atoms with Gasteiger partial charge in [0.2, 0.25) is 0 Å². The van der Waals surface area contributed by atoms with Crippen molar-refractivity contribution in [1.29, 1.82) is 0 Å². The minimum atomic E-state index is -1.20. The summed E-state index contributed by atoms with van der Waals surface area (Å²) in [6.07, 6.45) is -1.20. The fraction of sp³-hybridized carbons (Fsp3) is 0.500. The van der Waals surface area contributed by atoms with Crippen LogP contribution in [-0.2, 0) is 14.3 Å². The standard InChI is InChI=1S/C20H29N3O6/c1-6-21-20(27)23-17(24)13(5)29-19(26)16(12(3)4)22-18(25)14-8-10-15(11-9-14)28-7-2/h8-13,16H,6-7H2,1-5H3,(H,22,25)(H2,21,23,24,27). The molecule has 9 nitrogen and oxygen atoms in total. The number of esters is 1. The molecule has 160 valence electrons. The minimum absolute atomic E-state index is 0.284. The van der Waals surface area contributed by atoms with Crippen molar-refractivity contribution in [3.05, 3.63) is 29.8 Å². The number of imide groups is 1. The first-order chi connectivity index (χ1) is 13.7. The molecule has 9 heteroatoms. The van der Waals surface area contributed by atoms with E-state index in [9.17, 15) is 19.2 Å². The third kappa shape index (κ3) is 7.81. The molecule has 0 heterocycles. The summed E-state index contributed by atoms with van der Waals surface area (Å²) in [6.45, 7) is 9.25. The number of ether oxygens (including phenoxy) is 2. The van der Waals surface area contributed by atoms with Crippen LogP contribution in [0.1, 0.15) is 45.0 Å². The molecule has 0 aliphatic heterocycles. The van der Waals surface area contributed by atoms with Crippen molar-refractivity contribution >= 4 is 23.8 Å². The summed E-state index contributed by atoms with van der Waals surface area (Å²) in [5, 5.41) is 7.10. The molecule has 0 aromatic heterocycles. The molecule has 0 fully saturated rings. The molecular weight excluding hydrogens is 378 g/mol. The molecule has 4 amide bonds. The molecule has 1 aromatic carbocycles. The van der Waals surface area contributed by atoms with Gasteiger partial charge in [-0.2, -0.15) is 0 Å². The fourth-order valence-corrected chi connectivity index (χ4v) is 2.31. The Bertz CT molecular complexity index is 717. The monoisotopic (exact) mass is 407 g/mol. The number of amides is 4. The normalized spacial score (nSPS) is 12.5. The van der Waals surface area contributed by atoms with Crippen LogP contribution in [0, 0.1) is 5.92 Å². The van der Waals surface area contributed by atoms with E-state index in [1.54, 1.807) is 45.0 Å². The van der Waals surface area contributed by atoms with Crippen molar-refractivity contribution in [3.63, 3.8) is 0 Å². The summed E-state index contributed by atoms with van der Waals surface area (Å²) >= 11 is 0. The van der Waals surface area contributed by atoms with Crippen molar-refractivity contribution in [1.82, 2.24) is 16.0 Å². The highest BCUT2D eigenvalue weighted by Gasteiger charge is 2.29. The van der Waals surface area contributed by atoms with Gasteiger partial charge in [0.05, 0.1) is 6.61 Å². The maximum atomic E-state index is 12.5. The number of hydrogen-bond acceptors (Lipinski definition) is 6. The van der Waals surface area contributed by atoms with E-state index in [1.807, 2.05) is 6.92 Å². The van der Waals surface area contributed by atoms with Crippen LogP contribution in [0.25, 0.3) is 0 Å². The molecule has 0 bridgehead atoms. The molecule has 0 spiro atoms. The summed E-state index contributed by atoms with van der Waals surface area (Å²) in [6, 6.07) is 4.86. The van der Waals surface area contributed by atoms with Crippen LogP contribution in [0.2, 0.25) is 0 Å². The largest absolute Gasteiger partial charge is 0.494 e. The number of carbonyl (C=O) groups is 4. The fourth-order valence-electron chi connectivity index (χ4n) is 2.31. The van der Waals surface area contributed by atoms with Crippen molar-refractivity contribution < 1.29 is 28.7 Å². The predicted molar refractivity (Wildman–Crippen MR) is 106 cm³/mol. The average Bonchev–Trinajstić information content (AvgIpc) is 2.66. The third-order valence-corrected chi connectivity index (χ3v) is 3.87. The Morgan fingerprint density at radius 1 is 1.00 bits per heavy atom. The van der Waals surface area contributed by atoms with Gasteiger partial charge in [-0.25, -0.2) is 9.59 Å². The average molecular weight is 407 g/mol. The quantitative estimate of drug-likeness (QED) is 0.535. The zero-order valence-corrected chi connectivity index (χ0v) is 17.4. The summed E-state index contributed by atoms with van der Waals surface area (Å²) < 4.78 is 10.5. The molecule has 0 aliphatic carbocycles. The Balaban J connectivity index is 2.73. The molecule has 2 atom stereocenters. The zero-order chi connectivity index (χ0) is 22.0. The SMILES string of the molecule is CCNC(=O)NC(=O)C(C)OC(=O)C(NC(=O)c1ccc(OCC)cc1)C(C)C. The van der Waals surface area contributed by atoms with Crippen LogP contribution in [0.15, 0.2) is 24.3 Å². The van der Waals surface area contributed by atoms with Gasteiger partial charge < -0.3 is 20.1 Å². The molecule has 0 radical (unpaired) electrons. The number of carbonyl (C=O) groups excluding carboxylic acids is 4. The lowest BCUT2D eigenvalue weighted by atomic mass is 10.0. The Morgan fingerprint density at radius 2 is 1.62 bits per heavy atom. The number of hydrogen-bond donors (Lipinski definition) is 3. The molecule has 0 saturated heterocycles. The third-order valence-electron chi connectivity index (χ3n) is 3.87. The van der Waals surface area contributed by atoms with Gasteiger partial charge in [0.25, 0.3) is 11.8 Å². The van der Waals surface area contributed by atoms with Gasteiger partial charge in [-0.15, -0.1) is 0 Å². The Labute approximate surface area is 170 Å². The van der Waals surface area contributed by atoms with Gasteiger partial charge in [0.15, 0.2) is 6.10 Å². The second kappa shape index (κ2) is 11.7. The number of benzene rings is 1. The topological polar surface area (TPSA) is 123 Å². The van der Waals surface area contributed by atoms with E-state index in [0.29, 0.717) is 24.5 Å². The molecule has 1 rings (SSSR count). The van der Waals surface area contributed by atoms with Crippen LogP contribution in [0.3, 0.4) is 0 Å². The van der Waals surface area contributed by atoms with Gasteiger partial charge >= 0.3 is 12.0 Å². The van der Waals surface area contributed by atoms with Crippen molar-refractivity contribution in [3.8, 4) is 5.75 Å². The Morgan fingerprint density at radius 3 is 2.14 bits per heavy atom. The maximum Gasteiger partial charge on any atom is 0.329 e. The van der Waals surface area contributed by atoms with Crippen LogP contribution in [-0.4, -0.2) is 49.1 Å². The molecule has 3 N–H and O–H groups in total. The lowest BCUT2D eigenvalue weighted by Gasteiger charge is -2.23. The minimum Gasteiger partial charge on any atom is -0.494 e. The van der Waals surface area contributed by atoms with E-state index >= 15 is 0 Å². The highest BCUT2D eigenvalue weighted by Crippen LogP contribution is 2.13. The highest BCUT2D eigenvalue weighted by molar-refractivity contribution is 5.99. The van der Waals surface area contributed by atoms with Crippen molar-refractivity contribution in [2.45, 2.75) is 46.8 Å². The van der Waals surface area contributed by atoms with Gasteiger partial charge in [-0.1, -0.05) is 13.8 Å². The second-order valence-corrected chi connectivity index (χ2v) is 6.58. The Kier molecular flexibility index (Phi) is 9.64. The van der Waals surface area contributed by atoms with E-state index < -0.39 is 36.0 Å². The molecule has 0 aliphatic rings. The van der Waals surface area contributed by atoms with E-state index in [1.165, 1.54) is 6.92 Å². The number of nitrogens with one attached hydrogen (secondary N) is 3. The summed E-state index contributed by atoms with van der Waals surface area (Å²) in [5.41, 5.74) is 0.355. The molecule has 2 unspecified atom stereocenters. The van der Waals surface area contributed by atoms with Crippen molar-refractivity contribution in [2.75, 3.05) is 13.2 Å². The summed E-state index contributed by atoms with van der Waals surface area (Å²) in [4.78, 5) is 48.3. The van der Waals surface area contributed by atoms with Gasteiger partial charge in [-0.05, 0) is 51.0 Å². The van der Waals surface area contributed by atoms with Crippen LogP contribution < -0.4 is 20.7 Å². The zero-order valence-electron chi connectivity index (χ0n) is 17.4. The molecule has 1 aromatic rings. The van der Waals surface area contributed by atoms with Gasteiger partial charge in [0.1, 0.15) is 11.8 Å². The second-order valence-electron chi connectivity index (χ2n) is 6.58. The predicted octanol–water partition coefficient (Wildman–Crippen LogP) is 1.62. The lowest BCUT2D eigenvalue weighted by Crippen LogP contribution is -2.49. The summed E-state index contributed by atoms with van der Waals surface area (Å²) in [7, 11) is 0. The van der Waals surface area contributed by atoms with E-state index in [0.717, 1.165) is 0 Å².